The Labute approximate surface area is 182 Å². The van der Waals surface area contributed by atoms with Gasteiger partial charge in [-0.1, -0.05) is 35.3 Å². The predicted octanol–water partition coefficient (Wildman–Crippen LogP) is 4.71. The summed E-state index contributed by atoms with van der Waals surface area (Å²) in [6.45, 7) is -0.157. The highest BCUT2D eigenvalue weighted by molar-refractivity contribution is 7.92. The molecule has 1 aromatic heterocycles. The number of ether oxygens (including phenoxy) is 1. The molecule has 0 radical (unpaired) electrons. The number of hydrogen-bond donors (Lipinski definition) is 0. The lowest BCUT2D eigenvalue weighted by Gasteiger charge is -2.24. The number of rotatable bonds is 6. The summed E-state index contributed by atoms with van der Waals surface area (Å²) in [4.78, 5) is 15.6. The molecule has 0 bridgehead atoms. The fourth-order valence-electron chi connectivity index (χ4n) is 2.63. The predicted molar refractivity (Wildman–Crippen MR) is 112 cm³/mol. The molecule has 0 spiro atoms. The van der Waals surface area contributed by atoms with E-state index in [2.05, 4.69) is 9.72 Å². The zero-order chi connectivity index (χ0) is 21.9. The Kier molecular flexibility index (Phi) is 6.60. The van der Waals surface area contributed by atoms with E-state index >= 15 is 0 Å². The number of anilines is 1. The zero-order valence-corrected chi connectivity index (χ0v) is 17.9. The molecule has 6 nitrogen and oxygen atoms in total. The van der Waals surface area contributed by atoms with E-state index in [9.17, 15) is 17.6 Å². The molecule has 0 saturated heterocycles. The van der Waals surface area contributed by atoms with Gasteiger partial charge >= 0.3 is 5.97 Å². The molecule has 0 aliphatic rings. The number of esters is 1. The third-order valence-electron chi connectivity index (χ3n) is 4.13. The molecule has 0 N–H and O–H groups in total. The Balaban J connectivity index is 2.07. The van der Waals surface area contributed by atoms with Crippen molar-refractivity contribution >= 4 is 45.0 Å². The summed E-state index contributed by atoms with van der Waals surface area (Å²) < 4.78 is 45.7. The van der Waals surface area contributed by atoms with Crippen LogP contribution >= 0.6 is 23.2 Å². The van der Waals surface area contributed by atoms with Crippen LogP contribution in [0.25, 0.3) is 0 Å². The summed E-state index contributed by atoms with van der Waals surface area (Å²) in [5.74, 6) is -1.08. The van der Waals surface area contributed by atoms with Crippen molar-refractivity contribution in [2.75, 3.05) is 11.4 Å². The zero-order valence-electron chi connectivity index (χ0n) is 15.6. The summed E-state index contributed by atoms with van der Waals surface area (Å²) in [7, 11) is -2.92. The highest BCUT2D eigenvalue weighted by Gasteiger charge is 2.28. The van der Waals surface area contributed by atoms with Crippen molar-refractivity contribution in [2.24, 2.45) is 0 Å². The largest absolute Gasteiger partial charge is 0.465 e. The molecule has 0 aliphatic heterocycles. The molecule has 1 heterocycles. The molecule has 0 saturated carbocycles. The van der Waals surface area contributed by atoms with Gasteiger partial charge < -0.3 is 4.74 Å². The molecule has 0 atom stereocenters. The Bertz CT molecular complexity index is 1170. The SMILES string of the molecule is COC(=O)c1ccc(S(=O)(=O)N(Cc2ccc(F)cc2)c2ncc(Cl)cc2Cl)cc1. The third-order valence-corrected chi connectivity index (χ3v) is 6.36. The lowest BCUT2D eigenvalue weighted by Crippen LogP contribution is -2.31. The van der Waals surface area contributed by atoms with Gasteiger partial charge in [0.1, 0.15) is 5.82 Å². The molecule has 30 heavy (non-hydrogen) atoms. The fourth-order valence-corrected chi connectivity index (χ4v) is 4.59. The summed E-state index contributed by atoms with van der Waals surface area (Å²) >= 11 is 12.1. The lowest BCUT2D eigenvalue weighted by molar-refractivity contribution is 0.0600. The number of sulfonamides is 1. The number of carbonyl (C=O) groups is 1. The summed E-state index contributed by atoms with van der Waals surface area (Å²) in [6.07, 6.45) is 1.27. The van der Waals surface area contributed by atoms with Crippen LogP contribution in [0.1, 0.15) is 15.9 Å². The van der Waals surface area contributed by atoms with Gasteiger partial charge in [-0.3, -0.25) is 0 Å². The van der Waals surface area contributed by atoms with Gasteiger partial charge in [-0.05, 0) is 48.0 Å². The Morgan fingerprint density at radius 3 is 2.30 bits per heavy atom. The van der Waals surface area contributed by atoms with E-state index in [1.54, 1.807) is 0 Å². The molecular weight excluding hydrogens is 454 g/mol. The minimum Gasteiger partial charge on any atom is -0.465 e. The number of hydrogen-bond acceptors (Lipinski definition) is 5. The van der Waals surface area contributed by atoms with Crippen LogP contribution in [0, 0.1) is 5.82 Å². The van der Waals surface area contributed by atoms with E-state index in [4.69, 9.17) is 23.2 Å². The number of pyridine rings is 1. The molecular formula is C20H15Cl2FN2O4S. The number of halogens is 3. The average molecular weight is 469 g/mol. The maximum atomic E-state index is 13.4. The summed E-state index contributed by atoms with van der Waals surface area (Å²) in [5, 5.41) is 0.268. The minimum atomic E-state index is -4.15. The third kappa shape index (κ3) is 4.72. The maximum Gasteiger partial charge on any atom is 0.337 e. The van der Waals surface area contributed by atoms with Gasteiger partial charge in [0.15, 0.2) is 5.82 Å². The number of carbonyl (C=O) groups excluding carboxylic acids is 1. The van der Waals surface area contributed by atoms with Crippen molar-refractivity contribution < 1.29 is 22.3 Å². The molecule has 156 valence electrons. The van der Waals surface area contributed by atoms with E-state index in [1.807, 2.05) is 0 Å². The van der Waals surface area contributed by atoms with E-state index in [1.165, 1.54) is 67.9 Å². The lowest BCUT2D eigenvalue weighted by atomic mass is 10.2. The van der Waals surface area contributed by atoms with Gasteiger partial charge in [-0.2, -0.15) is 0 Å². The first-order valence-corrected chi connectivity index (χ1v) is 10.7. The van der Waals surface area contributed by atoms with Gasteiger partial charge in [-0.15, -0.1) is 0 Å². The highest BCUT2D eigenvalue weighted by atomic mass is 35.5. The average Bonchev–Trinajstić information content (AvgIpc) is 2.73. The van der Waals surface area contributed by atoms with E-state index in [0.717, 1.165) is 4.31 Å². The summed E-state index contributed by atoms with van der Waals surface area (Å²) in [5.41, 5.74) is 0.711. The van der Waals surface area contributed by atoms with Gasteiger partial charge in [0.25, 0.3) is 10.0 Å². The number of nitrogens with zero attached hydrogens (tertiary/aromatic N) is 2. The first-order chi connectivity index (χ1) is 14.2. The van der Waals surface area contributed by atoms with Crippen LogP contribution < -0.4 is 4.31 Å². The molecule has 0 fully saturated rings. The van der Waals surface area contributed by atoms with Crippen LogP contribution in [0.3, 0.4) is 0 Å². The van der Waals surface area contributed by atoms with Gasteiger partial charge in [0.2, 0.25) is 0 Å². The Hall–Kier alpha value is -2.68. The molecule has 3 aromatic rings. The van der Waals surface area contributed by atoms with Crippen molar-refractivity contribution in [3.05, 3.63) is 87.8 Å². The number of benzene rings is 2. The quantitative estimate of drug-likeness (QED) is 0.489. The van der Waals surface area contributed by atoms with Crippen LogP contribution in [-0.4, -0.2) is 26.5 Å². The second-order valence-electron chi connectivity index (χ2n) is 6.11. The normalized spacial score (nSPS) is 11.2. The molecule has 0 unspecified atom stereocenters. The van der Waals surface area contributed by atoms with Crippen molar-refractivity contribution in [1.82, 2.24) is 4.98 Å². The van der Waals surface area contributed by atoms with Crippen LogP contribution in [0.2, 0.25) is 10.0 Å². The monoisotopic (exact) mass is 468 g/mol. The molecule has 0 aliphatic carbocycles. The Morgan fingerprint density at radius 2 is 1.73 bits per heavy atom. The van der Waals surface area contributed by atoms with Crippen LogP contribution in [0.15, 0.2) is 65.7 Å². The first-order valence-electron chi connectivity index (χ1n) is 8.49. The van der Waals surface area contributed by atoms with Crippen molar-refractivity contribution in [3.8, 4) is 0 Å². The summed E-state index contributed by atoms with van der Waals surface area (Å²) in [6, 6.07) is 12.0. The minimum absolute atomic E-state index is 0.0272. The van der Waals surface area contributed by atoms with E-state index in [-0.39, 0.29) is 32.9 Å². The molecule has 10 heteroatoms. The first kappa shape index (κ1) is 22.0. The maximum absolute atomic E-state index is 13.4. The topological polar surface area (TPSA) is 76.6 Å². The smallest absolute Gasteiger partial charge is 0.337 e. The fraction of sp³-hybridized carbons (Fsp3) is 0.100. The van der Waals surface area contributed by atoms with Crippen molar-refractivity contribution in [3.63, 3.8) is 0 Å². The molecule has 2 aromatic carbocycles. The second kappa shape index (κ2) is 8.99. The van der Waals surface area contributed by atoms with Gasteiger partial charge in [0.05, 0.1) is 34.2 Å². The molecule has 3 rings (SSSR count). The van der Waals surface area contributed by atoms with Crippen LogP contribution in [-0.2, 0) is 21.3 Å². The van der Waals surface area contributed by atoms with Gasteiger partial charge in [-0.25, -0.2) is 26.9 Å². The van der Waals surface area contributed by atoms with Crippen molar-refractivity contribution in [1.29, 1.82) is 0 Å². The standard InChI is InChI=1S/C20H15Cl2FN2O4S/c1-29-20(26)14-4-8-17(9-5-14)30(27,28)25(12-13-2-6-16(23)7-3-13)19-18(22)10-15(21)11-24-19/h2-11H,12H2,1H3. The van der Waals surface area contributed by atoms with Crippen LogP contribution in [0.5, 0.6) is 0 Å². The molecule has 0 amide bonds. The number of aromatic nitrogens is 1. The van der Waals surface area contributed by atoms with Gasteiger partial charge in [0, 0.05) is 6.20 Å². The van der Waals surface area contributed by atoms with Crippen molar-refractivity contribution in [2.45, 2.75) is 11.4 Å². The van der Waals surface area contributed by atoms with E-state index in [0.29, 0.717) is 5.56 Å². The number of methoxy groups -OCH3 is 1. The van der Waals surface area contributed by atoms with Crippen LogP contribution in [0.4, 0.5) is 10.2 Å². The highest BCUT2D eigenvalue weighted by Crippen LogP contribution is 2.32. The second-order valence-corrected chi connectivity index (χ2v) is 8.82. The Morgan fingerprint density at radius 1 is 1.10 bits per heavy atom. The van der Waals surface area contributed by atoms with E-state index < -0.39 is 21.8 Å².